The quantitative estimate of drug-likeness (QED) is 0.711. The van der Waals surface area contributed by atoms with Crippen LogP contribution in [0.4, 0.5) is 11.6 Å². The average molecular weight is 395 g/mol. The van der Waals surface area contributed by atoms with Crippen LogP contribution in [0.1, 0.15) is 16.7 Å². The molecule has 1 N–H and O–H groups in total. The number of fused-ring (bicyclic) bond motifs is 1. The Morgan fingerprint density at radius 3 is 2.76 bits per heavy atom. The Morgan fingerprint density at radius 1 is 1.00 bits per heavy atom. The second-order valence-corrected chi connectivity index (χ2v) is 7.10. The van der Waals surface area contributed by atoms with Crippen molar-refractivity contribution < 1.29 is 0 Å². The molecule has 0 spiro atoms. The maximum atomic E-state index is 4.47. The van der Waals surface area contributed by atoms with Crippen molar-refractivity contribution in [1.29, 1.82) is 0 Å². The van der Waals surface area contributed by atoms with Crippen LogP contribution in [0.3, 0.4) is 0 Å². The number of anilines is 2. The highest BCUT2D eigenvalue weighted by molar-refractivity contribution is 9.10. The molecule has 0 saturated carbocycles. The number of nitrogens with one attached hydrogen (secondary N) is 1. The predicted octanol–water partition coefficient (Wildman–Crippen LogP) is 4.41. The summed E-state index contributed by atoms with van der Waals surface area (Å²) in [6.07, 6.45) is 2.67. The monoisotopic (exact) mass is 394 g/mol. The lowest BCUT2D eigenvalue weighted by Gasteiger charge is -2.30. The van der Waals surface area contributed by atoms with Crippen molar-refractivity contribution in [3.05, 3.63) is 82.1 Å². The number of hydrogen-bond donors (Lipinski definition) is 1. The number of rotatable bonds is 4. The van der Waals surface area contributed by atoms with Gasteiger partial charge in [-0.2, -0.15) is 0 Å². The molecule has 0 saturated heterocycles. The Bertz CT molecular complexity index is 867. The summed E-state index contributed by atoms with van der Waals surface area (Å²) in [6, 6.07) is 18.9. The van der Waals surface area contributed by atoms with Gasteiger partial charge in [-0.3, -0.25) is 0 Å². The smallest absolute Gasteiger partial charge is 0.134 e. The van der Waals surface area contributed by atoms with Crippen LogP contribution in [0.2, 0.25) is 0 Å². The van der Waals surface area contributed by atoms with E-state index >= 15 is 0 Å². The van der Waals surface area contributed by atoms with Crippen LogP contribution < -0.4 is 10.2 Å². The molecule has 1 aliphatic heterocycles. The van der Waals surface area contributed by atoms with E-state index < -0.39 is 0 Å². The first-order valence-electron chi connectivity index (χ1n) is 8.40. The highest BCUT2D eigenvalue weighted by atomic mass is 79.9. The molecule has 0 radical (unpaired) electrons. The SMILES string of the molecule is Brc1ccc2c(c1)CCN(c1cc(NCc3ccccc3)ncn1)C2. The Kier molecular flexibility index (Phi) is 4.65. The van der Waals surface area contributed by atoms with Gasteiger partial charge in [-0.05, 0) is 35.2 Å². The number of hydrogen-bond acceptors (Lipinski definition) is 4. The molecule has 0 fully saturated rings. The normalized spacial score (nSPS) is 13.4. The Hall–Kier alpha value is -2.40. The summed E-state index contributed by atoms with van der Waals surface area (Å²) in [6.45, 7) is 2.62. The number of benzene rings is 2. The first-order valence-corrected chi connectivity index (χ1v) is 9.19. The van der Waals surface area contributed by atoms with Gasteiger partial charge in [0.05, 0.1) is 0 Å². The predicted molar refractivity (Wildman–Crippen MR) is 105 cm³/mol. The molecule has 0 amide bonds. The van der Waals surface area contributed by atoms with Crippen LogP contribution >= 0.6 is 15.9 Å². The van der Waals surface area contributed by atoms with Crippen molar-refractivity contribution in [2.45, 2.75) is 19.5 Å². The lowest BCUT2D eigenvalue weighted by atomic mass is 10.00. The van der Waals surface area contributed by atoms with Gasteiger partial charge in [-0.1, -0.05) is 52.3 Å². The molecular formula is C20H19BrN4. The average Bonchev–Trinajstić information content (AvgIpc) is 2.67. The fourth-order valence-electron chi connectivity index (χ4n) is 3.12. The summed E-state index contributed by atoms with van der Waals surface area (Å²) in [5.74, 6) is 1.83. The van der Waals surface area contributed by atoms with Crippen molar-refractivity contribution in [2.24, 2.45) is 0 Å². The fourth-order valence-corrected chi connectivity index (χ4v) is 3.53. The second kappa shape index (κ2) is 7.23. The topological polar surface area (TPSA) is 41.0 Å². The third kappa shape index (κ3) is 3.82. The van der Waals surface area contributed by atoms with Crippen LogP contribution in [0.25, 0.3) is 0 Å². The van der Waals surface area contributed by atoms with E-state index in [0.29, 0.717) is 0 Å². The third-order valence-electron chi connectivity index (χ3n) is 4.47. The van der Waals surface area contributed by atoms with E-state index in [0.717, 1.165) is 42.2 Å². The molecule has 25 heavy (non-hydrogen) atoms. The van der Waals surface area contributed by atoms with Crippen LogP contribution in [-0.4, -0.2) is 16.5 Å². The van der Waals surface area contributed by atoms with Gasteiger partial charge >= 0.3 is 0 Å². The maximum Gasteiger partial charge on any atom is 0.134 e. The van der Waals surface area contributed by atoms with E-state index in [4.69, 9.17) is 0 Å². The lowest BCUT2D eigenvalue weighted by Crippen LogP contribution is -2.31. The van der Waals surface area contributed by atoms with Gasteiger partial charge in [-0.15, -0.1) is 0 Å². The van der Waals surface area contributed by atoms with Crippen LogP contribution in [0, 0.1) is 0 Å². The van der Waals surface area contributed by atoms with E-state index in [1.54, 1.807) is 6.33 Å². The molecule has 0 bridgehead atoms. The maximum absolute atomic E-state index is 4.47. The van der Waals surface area contributed by atoms with Gasteiger partial charge in [0.15, 0.2) is 0 Å². The molecule has 4 rings (SSSR count). The zero-order valence-electron chi connectivity index (χ0n) is 13.8. The summed E-state index contributed by atoms with van der Waals surface area (Å²) >= 11 is 3.55. The standard InChI is InChI=1S/C20H19BrN4/c21-18-7-6-17-13-25(9-8-16(17)10-18)20-11-19(23-14-24-20)22-12-15-4-2-1-3-5-15/h1-7,10-11,14H,8-9,12-13H2,(H,22,23,24). The Morgan fingerprint density at radius 2 is 1.88 bits per heavy atom. The molecule has 0 unspecified atom stereocenters. The van der Waals surface area contributed by atoms with E-state index in [1.165, 1.54) is 16.7 Å². The van der Waals surface area contributed by atoms with E-state index in [2.05, 4.69) is 66.4 Å². The first kappa shape index (κ1) is 16.1. The molecule has 1 aliphatic rings. The minimum Gasteiger partial charge on any atom is -0.366 e. The van der Waals surface area contributed by atoms with Crippen molar-refractivity contribution in [3.8, 4) is 0 Å². The zero-order valence-corrected chi connectivity index (χ0v) is 15.4. The fraction of sp³-hybridized carbons (Fsp3) is 0.200. The first-order chi connectivity index (χ1) is 12.3. The highest BCUT2D eigenvalue weighted by Crippen LogP contribution is 2.26. The summed E-state index contributed by atoms with van der Waals surface area (Å²) in [7, 11) is 0. The molecule has 1 aromatic heterocycles. The summed E-state index contributed by atoms with van der Waals surface area (Å²) in [5, 5.41) is 3.38. The summed E-state index contributed by atoms with van der Waals surface area (Å²) < 4.78 is 1.15. The van der Waals surface area contributed by atoms with E-state index in [-0.39, 0.29) is 0 Å². The number of halogens is 1. The minimum atomic E-state index is 0.758. The third-order valence-corrected chi connectivity index (χ3v) is 4.97. The summed E-state index contributed by atoms with van der Waals surface area (Å²) in [4.78, 5) is 11.1. The van der Waals surface area contributed by atoms with Crippen molar-refractivity contribution in [1.82, 2.24) is 9.97 Å². The molecule has 5 heteroatoms. The van der Waals surface area contributed by atoms with E-state index in [1.807, 2.05) is 24.3 Å². The number of nitrogens with zero attached hydrogens (tertiary/aromatic N) is 3. The van der Waals surface area contributed by atoms with Gasteiger partial charge < -0.3 is 10.2 Å². The van der Waals surface area contributed by atoms with Crippen molar-refractivity contribution in [3.63, 3.8) is 0 Å². The molecule has 0 atom stereocenters. The van der Waals surface area contributed by atoms with Crippen molar-refractivity contribution >= 4 is 27.6 Å². The van der Waals surface area contributed by atoms with Crippen LogP contribution in [0.15, 0.2) is 65.4 Å². The lowest BCUT2D eigenvalue weighted by molar-refractivity contribution is 0.719. The van der Waals surface area contributed by atoms with Crippen LogP contribution in [0.5, 0.6) is 0 Å². The van der Waals surface area contributed by atoms with Gasteiger partial charge in [0, 0.05) is 30.2 Å². The summed E-state index contributed by atoms with van der Waals surface area (Å²) in [5.41, 5.74) is 4.02. The Labute approximate surface area is 156 Å². The Balaban J connectivity index is 1.47. The van der Waals surface area contributed by atoms with Crippen molar-refractivity contribution in [2.75, 3.05) is 16.8 Å². The highest BCUT2D eigenvalue weighted by Gasteiger charge is 2.18. The molecule has 2 heterocycles. The van der Waals surface area contributed by atoms with Gasteiger partial charge in [-0.25, -0.2) is 9.97 Å². The molecule has 2 aromatic carbocycles. The molecule has 126 valence electrons. The largest absolute Gasteiger partial charge is 0.366 e. The molecular weight excluding hydrogens is 376 g/mol. The number of aromatic nitrogens is 2. The minimum absolute atomic E-state index is 0.758. The zero-order chi connectivity index (χ0) is 17.1. The van der Waals surface area contributed by atoms with Gasteiger partial charge in [0.1, 0.15) is 18.0 Å². The van der Waals surface area contributed by atoms with Gasteiger partial charge in [0.2, 0.25) is 0 Å². The van der Waals surface area contributed by atoms with E-state index in [9.17, 15) is 0 Å². The van der Waals surface area contributed by atoms with Gasteiger partial charge in [0.25, 0.3) is 0 Å². The molecule has 3 aromatic rings. The van der Waals surface area contributed by atoms with Crippen LogP contribution in [-0.2, 0) is 19.5 Å². The molecule has 4 nitrogen and oxygen atoms in total. The molecule has 0 aliphatic carbocycles. The second-order valence-electron chi connectivity index (χ2n) is 6.19.